The standard InChI is InChI=1S/C12H18N2O/c1-9-4-6-14-8-10(9)11(13)12(2)5-3-7-15-12/h4,6,8,11H,3,5,7,13H2,1-2H3. The average Bonchev–Trinajstić information content (AvgIpc) is 2.66. The number of hydrogen-bond donors (Lipinski definition) is 1. The second-order valence-electron chi connectivity index (χ2n) is 4.47. The number of aryl methyl sites for hydroxylation is 1. The SMILES string of the molecule is Cc1ccncc1C(N)C1(C)CCCO1. The van der Waals surface area contributed by atoms with Crippen molar-refractivity contribution in [3.05, 3.63) is 29.6 Å². The first-order chi connectivity index (χ1) is 7.13. The molecule has 1 aliphatic rings. The van der Waals surface area contributed by atoms with Gasteiger partial charge in [0.25, 0.3) is 0 Å². The van der Waals surface area contributed by atoms with Crippen LogP contribution in [0.3, 0.4) is 0 Å². The Balaban J connectivity index is 2.27. The summed E-state index contributed by atoms with van der Waals surface area (Å²) in [5, 5.41) is 0. The molecule has 1 saturated heterocycles. The Hall–Kier alpha value is -0.930. The van der Waals surface area contributed by atoms with Gasteiger partial charge in [-0.3, -0.25) is 4.98 Å². The Morgan fingerprint density at radius 3 is 3.00 bits per heavy atom. The fraction of sp³-hybridized carbons (Fsp3) is 0.583. The minimum Gasteiger partial charge on any atom is -0.373 e. The van der Waals surface area contributed by atoms with Crippen LogP contribution in [0.4, 0.5) is 0 Å². The van der Waals surface area contributed by atoms with Gasteiger partial charge in [0.1, 0.15) is 0 Å². The Morgan fingerprint density at radius 1 is 1.60 bits per heavy atom. The van der Waals surface area contributed by atoms with Gasteiger partial charge in [0.05, 0.1) is 11.6 Å². The van der Waals surface area contributed by atoms with Crippen molar-refractivity contribution in [2.45, 2.75) is 38.3 Å². The van der Waals surface area contributed by atoms with Gasteiger partial charge in [-0.2, -0.15) is 0 Å². The van der Waals surface area contributed by atoms with E-state index in [9.17, 15) is 0 Å². The molecule has 1 aromatic rings. The predicted octanol–water partition coefficient (Wildman–Crippen LogP) is 1.96. The summed E-state index contributed by atoms with van der Waals surface area (Å²) in [6, 6.07) is 1.92. The Kier molecular flexibility index (Phi) is 2.76. The molecular formula is C12H18N2O. The van der Waals surface area contributed by atoms with Crippen molar-refractivity contribution < 1.29 is 4.74 Å². The Bertz CT molecular complexity index is 345. The van der Waals surface area contributed by atoms with Crippen molar-refractivity contribution in [2.75, 3.05) is 6.61 Å². The highest BCUT2D eigenvalue weighted by atomic mass is 16.5. The number of nitrogens with zero attached hydrogens (tertiary/aromatic N) is 1. The largest absolute Gasteiger partial charge is 0.373 e. The van der Waals surface area contributed by atoms with Crippen molar-refractivity contribution in [2.24, 2.45) is 5.73 Å². The highest BCUT2D eigenvalue weighted by Gasteiger charge is 2.37. The quantitative estimate of drug-likeness (QED) is 0.804. The van der Waals surface area contributed by atoms with Gasteiger partial charge < -0.3 is 10.5 Å². The van der Waals surface area contributed by atoms with Crippen molar-refractivity contribution in [1.82, 2.24) is 4.98 Å². The lowest BCUT2D eigenvalue weighted by molar-refractivity contribution is -0.00196. The molecule has 0 radical (unpaired) electrons. The molecule has 2 rings (SSSR count). The number of pyridine rings is 1. The second kappa shape index (κ2) is 3.91. The minimum atomic E-state index is -0.214. The van der Waals surface area contributed by atoms with Crippen molar-refractivity contribution >= 4 is 0 Å². The highest BCUT2D eigenvalue weighted by molar-refractivity contribution is 5.27. The molecule has 3 nitrogen and oxygen atoms in total. The van der Waals surface area contributed by atoms with Crippen LogP contribution in [0.5, 0.6) is 0 Å². The van der Waals surface area contributed by atoms with Crippen LogP contribution in [0, 0.1) is 6.92 Å². The summed E-state index contributed by atoms with van der Waals surface area (Å²) in [7, 11) is 0. The number of ether oxygens (including phenoxy) is 1. The maximum atomic E-state index is 6.27. The van der Waals surface area contributed by atoms with Crippen LogP contribution in [0.1, 0.15) is 36.9 Å². The molecule has 1 aliphatic heterocycles. The summed E-state index contributed by atoms with van der Waals surface area (Å²) in [5.41, 5.74) is 8.34. The van der Waals surface area contributed by atoms with Gasteiger partial charge in [0, 0.05) is 19.0 Å². The van der Waals surface area contributed by atoms with Gasteiger partial charge >= 0.3 is 0 Å². The molecular weight excluding hydrogens is 188 g/mol. The molecule has 0 amide bonds. The number of aromatic nitrogens is 1. The van der Waals surface area contributed by atoms with Gasteiger partial charge in [-0.05, 0) is 43.9 Å². The van der Waals surface area contributed by atoms with Gasteiger partial charge in [-0.1, -0.05) is 0 Å². The van der Waals surface area contributed by atoms with Crippen LogP contribution in [-0.2, 0) is 4.74 Å². The average molecular weight is 206 g/mol. The molecule has 2 heterocycles. The maximum Gasteiger partial charge on any atom is 0.0847 e. The molecule has 1 aromatic heterocycles. The second-order valence-corrected chi connectivity index (χ2v) is 4.47. The van der Waals surface area contributed by atoms with Crippen LogP contribution >= 0.6 is 0 Å². The Labute approximate surface area is 90.7 Å². The maximum absolute atomic E-state index is 6.27. The zero-order valence-corrected chi connectivity index (χ0v) is 9.36. The highest BCUT2D eigenvalue weighted by Crippen LogP contribution is 2.36. The van der Waals surface area contributed by atoms with E-state index in [1.54, 1.807) is 6.20 Å². The van der Waals surface area contributed by atoms with Crippen LogP contribution in [0.2, 0.25) is 0 Å². The first kappa shape index (κ1) is 10.6. The molecule has 1 fully saturated rings. The lowest BCUT2D eigenvalue weighted by Crippen LogP contribution is -2.38. The number of rotatable bonds is 2. The fourth-order valence-electron chi connectivity index (χ4n) is 2.18. The fourth-order valence-corrected chi connectivity index (χ4v) is 2.18. The van der Waals surface area contributed by atoms with Crippen molar-refractivity contribution in [3.63, 3.8) is 0 Å². The summed E-state index contributed by atoms with van der Waals surface area (Å²) in [4.78, 5) is 4.13. The first-order valence-corrected chi connectivity index (χ1v) is 5.43. The van der Waals surface area contributed by atoms with Gasteiger partial charge in [-0.15, -0.1) is 0 Å². The van der Waals surface area contributed by atoms with Crippen molar-refractivity contribution in [3.8, 4) is 0 Å². The van der Waals surface area contributed by atoms with E-state index in [4.69, 9.17) is 10.5 Å². The molecule has 15 heavy (non-hydrogen) atoms. The van der Waals surface area contributed by atoms with Crippen LogP contribution in [0.25, 0.3) is 0 Å². The molecule has 2 unspecified atom stereocenters. The van der Waals surface area contributed by atoms with E-state index >= 15 is 0 Å². The van der Waals surface area contributed by atoms with E-state index in [2.05, 4.69) is 18.8 Å². The van der Waals surface area contributed by atoms with Crippen LogP contribution < -0.4 is 5.73 Å². The lowest BCUT2D eigenvalue weighted by Gasteiger charge is -2.31. The molecule has 2 N–H and O–H groups in total. The van der Waals surface area contributed by atoms with E-state index in [1.165, 1.54) is 5.56 Å². The molecule has 0 bridgehead atoms. The third kappa shape index (κ3) is 1.90. The van der Waals surface area contributed by atoms with E-state index < -0.39 is 0 Å². The third-order valence-electron chi connectivity index (χ3n) is 3.32. The van der Waals surface area contributed by atoms with Crippen LogP contribution in [-0.4, -0.2) is 17.2 Å². The first-order valence-electron chi connectivity index (χ1n) is 5.43. The van der Waals surface area contributed by atoms with Gasteiger partial charge in [0.2, 0.25) is 0 Å². The van der Waals surface area contributed by atoms with Gasteiger partial charge in [-0.25, -0.2) is 0 Å². The molecule has 0 spiro atoms. The summed E-state index contributed by atoms with van der Waals surface area (Å²) in [6.45, 7) is 4.98. The summed E-state index contributed by atoms with van der Waals surface area (Å²) < 4.78 is 5.76. The lowest BCUT2D eigenvalue weighted by atomic mass is 9.87. The van der Waals surface area contributed by atoms with E-state index in [0.29, 0.717) is 0 Å². The monoisotopic (exact) mass is 206 g/mol. The predicted molar refractivity (Wildman–Crippen MR) is 59.5 cm³/mol. The molecule has 2 atom stereocenters. The molecule has 82 valence electrons. The van der Waals surface area contributed by atoms with Crippen LogP contribution in [0.15, 0.2) is 18.5 Å². The molecule has 0 aliphatic carbocycles. The number of hydrogen-bond acceptors (Lipinski definition) is 3. The normalized spacial score (nSPS) is 27.9. The summed E-state index contributed by atoms with van der Waals surface area (Å²) in [6.07, 6.45) is 5.78. The zero-order valence-electron chi connectivity index (χ0n) is 9.36. The summed E-state index contributed by atoms with van der Waals surface area (Å²) in [5.74, 6) is 0. The zero-order chi connectivity index (χ0) is 10.9. The van der Waals surface area contributed by atoms with Crippen molar-refractivity contribution in [1.29, 1.82) is 0 Å². The van der Waals surface area contributed by atoms with E-state index in [0.717, 1.165) is 25.0 Å². The number of nitrogens with two attached hydrogens (primary N) is 1. The van der Waals surface area contributed by atoms with E-state index in [1.807, 2.05) is 12.3 Å². The smallest absolute Gasteiger partial charge is 0.0847 e. The summed E-state index contributed by atoms with van der Waals surface area (Å²) >= 11 is 0. The molecule has 3 heteroatoms. The van der Waals surface area contributed by atoms with Gasteiger partial charge in [0.15, 0.2) is 0 Å². The Morgan fingerprint density at radius 2 is 2.40 bits per heavy atom. The van der Waals surface area contributed by atoms with E-state index in [-0.39, 0.29) is 11.6 Å². The minimum absolute atomic E-state index is 0.0753. The molecule has 0 aromatic carbocycles. The molecule has 0 saturated carbocycles. The topological polar surface area (TPSA) is 48.1 Å². The third-order valence-corrected chi connectivity index (χ3v) is 3.32.